The van der Waals surface area contributed by atoms with Crippen LogP contribution in [0.15, 0.2) is 18.2 Å². The predicted molar refractivity (Wildman–Crippen MR) is 87.3 cm³/mol. The van der Waals surface area contributed by atoms with Gasteiger partial charge in [-0.25, -0.2) is 0 Å². The minimum Gasteiger partial charge on any atom is -0.389 e. The first kappa shape index (κ1) is 17.0. The van der Waals surface area contributed by atoms with Crippen molar-refractivity contribution in [2.24, 2.45) is 5.92 Å². The van der Waals surface area contributed by atoms with Crippen molar-refractivity contribution in [3.63, 3.8) is 0 Å². The summed E-state index contributed by atoms with van der Waals surface area (Å²) in [5.74, 6) is 0.674. The third-order valence-electron chi connectivity index (χ3n) is 3.18. The van der Waals surface area contributed by atoms with Crippen LogP contribution in [0, 0.1) is 12.8 Å². The van der Waals surface area contributed by atoms with E-state index < -0.39 is 5.60 Å². The molecule has 2 N–H and O–H groups in total. The summed E-state index contributed by atoms with van der Waals surface area (Å²) in [4.78, 5) is 2.11. The highest BCUT2D eigenvalue weighted by Gasteiger charge is 2.17. The van der Waals surface area contributed by atoms with Gasteiger partial charge in [-0.15, -0.1) is 0 Å². The van der Waals surface area contributed by atoms with Crippen molar-refractivity contribution in [3.05, 3.63) is 29.3 Å². The molecule has 0 aromatic heterocycles. The third kappa shape index (κ3) is 5.93. The van der Waals surface area contributed by atoms with E-state index in [9.17, 15) is 5.11 Å². The van der Waals surface area contributed by atoms with Gasteiger partial charge in [0, 0.05) is 25.8 Å². The van der Waals surface area contributed by atoms with Gasteiger partial charge in [0.05, 0.1) is 5.60 Å². The zero-order valence-electron chi connectivity index (χ0n) is 13.8. The van der Waals surface area contributed by atoms with Crippen LogP contribution < -0.4 is 10.2 Å². The molecule has 0 bridgehead atoms. The summed E-state index contributed by atoms with van der Waals surface area (Å²) < 4.78 is 0. The molecule has 1 rings (SSSR count). The van der Waals surface area contributed by atoms with Crippen molar-refractivity contribution >= 4 is 5.69 Å². The first-order valence-electron chi connectivity index (χ1n) is 7.43. The molecule has 0 heterocycles. The summed E-state index contributed by atoms with van der Waals surface area (Å²) in [5.41, 5.74) is 3.06. The van der Waals surface area contributed by atoms with E-state index in [1.54, 1.807) is 0 Å². The van der Waals surface area contributed by atoms with Crippen LogP contribution >= 0.6 is 0 Å². The molecule has 0 fully saturated rings. The highest BCUT2D eigenvalue weighted by molar-refractivity contribution is 5.54. The van der Waals surface area contributed by atoms with Crippen LogP contribution in [0.1, 0.15) is 38.8 Å². The van der Waals surface area contributed by atoms with Crippen molar-refractivity contribution in [2.45, 2.75) is 46.8 Å². The van der Waals surface area contributed by atoms with Crippen LogP contribution in [0.25, 0.3) is 0 Å². The Hall–Kier alpha value is -1.06. The SMILES string of the molecule is Cc1cc(CNCC(C)C)ccc1N(C)CC(C)(C)O. The lowest BCUT2D eigenvalue weighted by atomic mass is 10.1. The Bertz CT molecular complexity index is 421. The second kappa shape index (κ2) is 7.09. The van der Waals surface area contributed by atoms with Crippen molar-refractivity contribution < 1.29 is 5.11 Å². The summed E-state index contributed by atoms with van der Waals surface area (Å²) >= 11 is 0. The minimum absolute atomic E-state index is 0.624. The first-order chi connectivity index (χ1) is 9.19. The van der Waals surface area contributed by atoms with Gasteiger partial charge in [0.2, 0.25) is 0 Å². The summed E-state index contributed by atoms with van der Waals surface area (Å²) in [7, 11) is 2.02. The number of hydrogen-bond acceptors (Lipinski definition) is 3. The molecule has 0 radical (unpaired) electrons. The van der Waals surface area contributed by atoms with Crippen molar-refractivity contribution in [3.8, 4) is 0 Å². The largest absolute Gasteiger partial charge is 0.389 e. The van der Waals surface area contributed by atoms with Crippen LogP contribution in [0.5, 0.6) is 0 Å². The summed E-state index contributed by atoms with van der Waals surface area (Å²) in [6.07, 6.45) is 0. The fraction of sp³-hybridized carbons (Fsp3) is 0.647. The molecule has 20 heavy (non-hydrogen) atoms. The average molecular weight is 278 g/mol. The number of anilines is 1. The minimum atomic E-state index is -0.682. The molecule has 0 atom stereocenters. The molecular weight excluding hydrogens is 248 g/mol. The number of hydrogen-bond donors (Lipinski definition) is 2. The van der Waals surface area contributed by atoms with Crippen LogP contribution in [-0.2, 0) is 6.54 Å². The molecule has 1 aromatic rings. The lowest BCUT2D eigenvalue weighted by molar-refractivity contribution is 0.0886. The van der Waals surface area contributed by atoms with Gasteiger partial charge in [-0.05, 0) is 50.4 Å². The molecule has 0 saturated heterocycles. The molecule has 0 unspecified atom stereocenters. The van der Waals surface area contributed by atoms with E-state index in [-0.39, 0.29) is 0 Å². The Labute approximate surface area is 124 Å². The van der Waals surface area contributed by atoms with Crippen LogP contribution in [0.3, 0.4) is 0 Å². The number of aliphatic hydroxyl groups is 1. The quantitative estimate of drug-likeness (QED) is 0.805. The van der Waals surface area contributed by atoms with Gasteiger partial charge < -0.3 is 15.3 Å². The smallest absolute Gasteiger partial charge is 0.0765 e. The van der Waals surface area contributed by atoms with E-state index in [0.29, 0.717) is 12.5 Å². The maximum Gasteiger partial charge on any atom is 0.0765 e. The van der Waals surface area contributed by atoms with Crippen LogP contribution in [-0.4, -0.2) is 30.8 Å². The zero-order valence-corrected chi connectivity index (χ0v) is 13.8. The fourth-order valence-electron chi connectivity index (χ4n) is 2.43. The summed E-state index contributed by atoms with van der Waals surface area (Å²) in [6, 6.07) is 6.54. The maximum absolute atomic E-state index is 9.91. The van der Waals surface area contributed by atoms with Gasteiger partial charge >= 0.3 is 0 Å². The lowest BCUT2D eigenvalue weighted by Gasteiger charge is -2.28. The van der Waals surface area contributed by atoms with E-state index in [2.05, 4.69) is 49.2 Å². The third-order valence-corrected chi connectivity index (χ3v) is 3.18. The van der Waals surface area contributed by atoms with Gasteiger partial charge in [0.15, 0.2) is 0 Å². The summed E-state index contributed by atoms with van der Waals surface area (Å²) in [5, 5.41) is 13.4. The Morgan fingerprint density at radius 3 is 2.45 bits per heavy atom. The Kier molecular flexibility index (Phi) is 6.03. The molecule has 1 aromatic carbocycles. The number of benzene rings is 1. The molecule has 114 valence electrons. The van der Waals surface area contributed by atoms with Crippen molar-refractivity contribution in [2.75, 3.05) is 25.0 Å². The normalized spacial score (nSPS) is 12.0. The van der Waals surface area contributed by atoms with Gasteiger partial charge in [0.25, 0.3) is 0 Å². The molecular formula is C17H30N2O. The standard InChI is InChI=1S/C17H30N2O/c1-13(2)10-18-11-15-7-8-16(14(3)9-15)19(6)12-17(4,5)20/h7-9,13,18,20H,10-12H2,1-6H3. The van der Waals surface area contributed by atoms with E-state index in [1.807, 2.05) is 20.9 Å². The average Bonchev–Trinajstić information content (AvgIpc) is 2.25. The van der Waals surface area contributed by atoms with E-state index in [4.69, 9.17) is 0 Å². The highest BCUT2D eigenvalue weighted by Crippen LogP contribution is 2.21. The number of nitrogens with one attached hydrogen (secondary N) is 1. The number of likely N-dealkylation sites (N-methyl/N-ethyl adjacent to an activating group) is 1. The Morgan fingerprint density at radius 1 is 1.30 bits per heavy atom. The van der Waals surface area contributed by atoms with Crippen molar-refractivity contribution in [1.82, 2.24) is 5.32 Å². The van der Waals surface area contributed by atoms with Gasteiger partial charge in [0.1, 0.15) is 0 Å². The van der Waals surface area contributed by atoms with E-state index in [0.717, 1.165) is 13.1 Å². The number of rotatable bonds is 7. The lowest BCUT2D eigenvalue weighted by Crippen LogP contribution is -2.36. The predicted octanol–water partition coefficient (Wildman–Crippen LogP) is 2.95. The fourth-order valence-corrected chi connectivity index (χ4v) is 2.43. The second-order valence-corrected chi connectivity index (χ2v) is 6.81. The molecule has 0 spiro atoms. The highest BCUT2D eigenvalue weighted by atomic mass is 16.3. The zero-order chi connectivity index (χ0) is 15.3. The van der Waals surface area contributed by atoms with E-state index in [1.165, 1.54) is 16.8 Å². The number of aryl methyl sites for hydroxylation is 1. The molecule has 0 aliphatic heterocycles. The van der Waals surface area contributed by atoms with Crippen LogP contribution in [0.2, 0.25) is 0 Å². The maximum atomic E-state index is 9.91. The second-order valence-electron chi connectivity index (χ2n) is 6.81. The molecule has 0 aliphatic rings. The van der Waals surface area contributed by atoms with Gasteiger partial charge in [-0.3, -0.25) is 0 Å². The monoisotopic (exact) mass is 278 g/mol. The van der Waals surface area contributed by atoms with E-state index >= 15 is 0 Å². The number of nitrogens with zero attached hydrogens (tertiary/aromatic N) is 1. The van der Waals surface area contributed by atoms with Crippen LogP contribution in [0.4, 0.5) is 5.69 Å². The molecule has 3 heteroatoms. The Balaban J connectivity index is 2.68. The molecule has 0 aliphatic carbocycles. The molecule has 3 nitrogen and oxygen atoms in total. The van der Waals surface area contributed by atoms with Gasteiger partial charge in [-0.1, -0.05) is 26.0 Å². The molecule has 0 saturated carbocycles. The van der Waals surface area contributed by atoms with Gasteiger partial charge in [-0.2, -0.15) is 0 Å². The van der Waals surface area contributed by atoms with Crippen molar-refractivity contribution in [1.29, 1.82) is 0 Å². The summed E-state index contributed by atoms with van der Waals surface area (Å²) in [6.45, 7) is 12.8. The topological polar surface area (TPSA) is 35.5 Å². The molecule has 0 amide bonds. The first-order valence-corrected chi connectivity index (χ1v) is 7.43. The Morgan fingerprint density at radius 2 is 1.95 bits per heavy atom.